The van der Waals surface area contributed by atoms with Gasteiger partial charge in [0.25, 0.3) is 17.5 Å². The monoisotopic (exact) mass is 574 g/mol. The molecule has 0 aromatic heterocycles. The molecule has 1 aliphatic rings. The van der Waals surface area contributed by atoms with Crippen LogP contribution in [0.4, 0.5) is 11.4 Å². The van der Waals surface area contributed by atoms with E-state index in [9.17, 15) is 19.7 Å². The Bertz CT molecular complexity index is 1520. The highest BCUT2D eigenvalue weighted by Gasteiger charge is 2.35. The molecule has 0 spiro atoms. The van der Waals surface area contributed by atoms with Crippen LogP contribution in [0.1, 0.15) is 15.9 Å². The Morgan fingerprint density at radius 3 is 2.34 bits per heavy atom. The average Bonchev–Trinajstić information content (AvgIpc) is 3.17. The van der Waals surface area contributed by atoms with Crippen LogP contribution < -0.4 is 19.8 Å². The van der Waals surface area contributed by atoms with Gasteiger partial charge in [0.05, 0.1) is 34.8 Å². The zero-order valence-electron chi connectivity index (χ0n) is 19.7. The topological polar surface area (TPSA) is 123 Å². The molecule has 38 heavy (non-hydrogen) atoms. The number of amidine groups is 1. The number of anilines is 1. The number of ether oxygens (including phenoxy) is 2. The van der Waals surface area contributed by atoms with Gasteiger partial charge in [-0.25, -0.2) is 0 Å². The molecule has 0 unspecified atom stereocenters. The molecular formula is C25H17Cl3N4O6. The summed E-state index contributed by atoms with van der Waals surface area (Å²) in [7, 11) is 2.95. The second kappa shape index (κ2) is 11.1. The van der Waals surface area contributed by atoms with Gasteiger partial charge in [-0.1, -0.05) is 46.9 Å². The van der Waals surface area contributed by atoms with Crippen LogP contribution in [-0.4, -0.2) is 36.8 Å². The fraction of sp³-hybridized carbons (Fsp3) is 0.0800. The van der Waals surface area contributed by atoms with E-state index in [-0.39, 0.29) is 43.4 Å². The molecule has 1 aliphatic heterocycles. The molecule has 194 valence electrons. The highest BCUT2D eigenvalue weighted by Crippen LogP contribution is 2.39. The van der Waals surface area contributed by atoms with Gasteiger partial charge in [0.15, 0.2) is 17.3 Å². The highest BCUT2D eigenvalue weighted by atomic mass is 35.5. The number of methoxy groups -OCH3 is 2. The summed E-state index contributed by atoms with van der Waals surface area (Å²) in [6, 6.07) is 12.9. The average molecular weight is 576 g/mol. The number of carbonyl (C=O) groups is 2. The molecule has 2 amide bonds. The van der Waals surface area contributed by atoms with Gasteiger partial charge in [-0.15, -0.1) is 5.10 Å². The molecular weight excluding hydrogens is 559 g/mol. The summed E-state index contributed by atoms with van der Waals surface area (Å²) in [6.07, 6.45) is 1.48. The van der Waals surface area contributed by atoms with E-state index >= 15 is 0 Å². The van der Waals surface area contributed by atoms with Crippen molar-refractivity contribution in [2.24, 2.45) is 5.10 Å². The maximum atomic E-state index is 13.5. The molecule has 3 aromatic rings. The van der Waals surface area contributed by atoms with Crippen LogP contribution in [0.2, 0.25) is 15.1 Å². The Kier molecular flexibility index (Phi) is 7.86. The second-order valence-electron chi connectivity index (χ2n) is 7.72. The quantitative estimate of drug-likeness (QED) is 0.227. The molecule has 0 saturated heterocycles. The van der Waals surface area contributed by atoms with Gasteiger partial charge in [-0.05, 0) is 42.0 Å². The fourth-order valence-electron chi connectivity index (χ4n) is 3.58. The summed E-state index contributed by atoms with van der Waals surface area (Å²) in [5.41, 5.74) is 0.280. The number of nitro benzene ring substituents is 1. The third-order valence-corrected chi connectivity index (χ3v) is 6.14. The molecule has 0 fully saturated rings. The Hall–Kier alpha value is -4.12. The Morgan fingerprint density at radius 2 is 1.71 bits per heavy atom. The maximum absolute atomic E-state index is 13.5. The number of carbonyl (C=O) groups excluding carboxylic acids is 2. The predicted octanol–water partition coefficient (Wildman–Crippen LogP) is 5.75. The summed E-state index contributed by atoms with van der Waals surface area (Å²) in [5.74, 6) is -0.633. The number of hydrogen-bond donors (Lipinski definition) is 1. The van der Waals surface area contributed by atoms with Gasteiger partial charge < -0.3 is 14.8 Å². The molecule has 3 aromatic carbocycles. The van der Waals surface area contributed by atoms with Gasteiger partial charge in [0.2, 0.25) is 0 Å². The van der Waals surface area contributed by atoms with Crippen LogP contribution in [0.5, 0.6) is 11.5 Å². The zero-order valence-corrected chi connectivity index (χ0v) is 22.0. The van der Waals surface area contributed by atoms with Crippen molar-refractivity contribution in [2.75, 3.05) is 19.2 Å². The van der Waals surface area contributed by atoms with Crippen LogP contribution in [0.25, 0.3) is 6.08 Å². The highest BCUT2D eigenvalue weighted by molar-refractivity contribution is 6.44. The Morgan fingerprint density at radius 1 is 1.03 bits per heavy atom. The minimum absolute atomic E-state index is 0.0131. The van der Waals surface area contributed by atoms with Crippen molar-refractivity contribution < 1.29 is 24.0 Å². The standard InChI is InChI=1S/C25H17Cl3N4O6/c1-37-20-7-6-13(9-21(20)38-2)8-17-23(29-24(33)14-4-3-5-16(10-14)32(35)36)30-31(25(17)34)22-18(27)11-15(26)12-19(22)28/h3-12H,1-2H3,(H,29,30,33)/b17-8-. The molecule has 4 rings (SSSR count). The summed E-state index contributed by atoms with van der Waals surface area (Å²) in [6.45, 7) is 0. The first-order valence-electron chi connectivity index (χ1n) is 10.7. The van der Waals surface area contributed by atoms with Crippen LogP contribution in [0, 0.1) is 10.1 Å². The van der Waals surface area contributed by atoms with E-state index < -0.39 is 16.7 Å². The number of nitrogens with zero attached hydrogens (tertiary/aromatic N) is 3. The number of benzene rings is 3. The summed E-state index contributed by atoms with van der Waals surface area (Å²) < 4.78 is 10.6. The molecule has 1 N–H and O–H groups in total. The number of halogens is 3. The first kappa shape index (κ1) is 26.9. The Labute approximate surface area is 231 Å². The molecule has 0 radical (unpaired) electrons. The smallest absolute Gasteiger partial charge is 0.282 e. The van der Waals surface area contributed by atoms with Crippen LogP contribution in [-0.2, 0) is 4.79 Å². The fourth-order valence-corrected chi connectivity index (χ4v) is 4.55. The maximum Gasteiger partial charge on any atom is 0.282 e. The van der Waals surface area contributed by atoms with Crippen LogP contribution in [0.15, 0.2) is 65.3 Å². The van der Waals surface area contributed by atoms with Crippen LogP contribution in [0.3, 0.4) is 0 Å². The van der Waals surface area contributed by atoms with E-state index in [0.29, 0.717) is 17.1 Å². The van der Waals surface area contributed by atoms with E-state index in [2.05, 4.69) is 10.4 Å². The third kappa shape index (κ3) is 5.42. The van der Waals surface area contributed by atoms with E-state index in [0.717, 1.165) is 11.1 Å². The lowest BCUT2D eigenvalue weighted by molar-refractivity contribution is -0.384. The second-order valence-corrected chi connectivity index (χ2v) is 8.97. The van der Waals surface area contributed by atoms with Gasteiger partial charge in [0, 0.05) is 22.7 Å². The van der Waals surface area contributed by atoms with Crippen molar-refractivity contribution in [2.45, 2.75) is 0 Å². The summed E-state index contributed by atoms with van der Waals surface area (Å²) >= 11 is 18.7. The van der Waals surface area contributed by atoms with Gasteiger partial charge in [-0.3, -0.25) is 19.7 Å². The molecule has 10 nitrogen and oxygen atoms in total. The van der Waals surface area contributed by atoms with Gasteiger partial charge in [0.1, 0.15) is 5.69 Å². The number of hydrogen-bond acceptors (Lipinski definition) is 7. The number of nitrogens with one attached hydrogen (secondary N) is 1. The van der Waals surface area contributed by atoms with Crippen molar-refractivity contribution in [1.29, 1.82) is 0 Å². The number of non-ortho nitro benzene ring substituents is 1. The number of amides is 2. The molecule has 0 aliphatic carbocycles. The lowest BCUT2D eigenvalue weighted by atomic mass is 10.1. The molecule has 13 heteroatoms. The van der Waals surface area contributed by atoms with E-state index in [1.54, 1.807) is 18.2 Å². The van der Waals surface area contributed by atoms with E-state index in [4.69, 9.17) is 44.3 Å². The first-order chi connectivity index (χ1) is 18.1. The van der Waals surface area contributed by atoms with Crippen LogP contribution >= 0.6 is 34.8 Å². The van der Waals surface area contributed by atoms with E-state index in [1.165, 1.54) is 50.6 Å². The van der Waals surface area contributed by atoms with Gasteiger partial charge in [-0.2, -0.15) is 5.01 Å². The number of nitro groups is 1. The molecule has 1 heterocycles. The molecule has 0 bridgehead atoms. The summed E-state index contributed by atoms with van der Waals surface area (Å²) in [4.78, 5) is 37.1. The van der Waals surface area contributed by atoms with Crippen molar-refractivity contribution in [3.63, 3.8) is 0 Å². The first-order valence-corrected chi connectivity index (χ1v) is 11.8. The minimum atomic E-state index is -0.728. The third-order valence-electron chi connectivity index (χ3n) is 5.34. The van der Waals surface area contributed by atoms with Crippen molar-refractivity contribution >= 4 is 69.9 Å². The predicted molar refractivity (Wildman–Crippen MR) is 144 cm³/mol. The number of hydrazone groups is 1. The zero-order chi connectivity index (χ0) is 27.6. The van der Waals surface area contributed by atoms with Gasteiger partial charge >= 0.3 is 0 Å². The lowest BCUT2D eigenvalue weighted by Crippen LogP contribution is -2.31. The lowest BCUT2D eigenvalue weighted by Gasteiger charge is -2.15. The number of rotatable bonds is 6. The molecule has 0 atom stereocenters. The largest absolute Gasteiger partial charge is 0.493 e. The molecule has 0 saturated carbocycles. The SMILES string of the molecule is COc1ccc(/C=C2\C(=O)N(c3c(Cl)cc(Cl)cc3Cl)N=C2NC(=O)c2cccc([N+](=O)[O-])c2)cc1OC. The van der Waals surface area contributed by atoms with E-state index in [1.807, 2.05) is 0 Å². The van der Waals surface area contributed by atoms with Crippen molar-refractivity contribution in [1.82, 2.24) is 5.32 Å². The summed E-state index contributed by atoms with van der Waals surface area (Å²) in [5, 5.41) is 19.3. The van der Waals surface area contributed by atoms with Crippen molar-refractivity contribution in [3.05, 3.63) is 96.5 Å². The van der Waals surface area contributed by atoms with Crippen molar-refractivity contribution in [3.8, 4) is 11.5 Å². The minimum Gasteiger partial charge on any atom is -0.493 e. The normalized spacial score (nSPS) is 13.9. The Balaban J connectivity index is 1.79.